The summed E-state index contributed by atoms with van der Waals surface area (Å²) in [7, 11) is 0. The lowest BCUT2D eigenvalue weighted by molar-refractivity contribution is 0.155. The molecule has 1 atom stereocenters. The normalized spacial score (nSPS) is 23.2. The number of rotatable bonds is 2. The minimum absolute atomic E-state index is 0.108. The third kappa shape index (κ3) is 1.98. The molecule has 102 valence electrons. The van der Waals surface area contributed by atoms with E-state index in [1.807, 2.05) is 13.8 Å². The fraction of sp³-hybridized carbons (Fsp3) is 0.385. The Morgan fingerprint density at radius 1 is 1.47 bits per heavy atom. The van der Waals surface area contributed by atoms with Gasteiger partial charge in [-0.25, -0.2) is 9.18 Å². The molecule has 0 aliphatic carbocycles. The second kappa shape index (κ2) is 4.49. The Hall–Kier alpha value is -1.62. The minimum atomic E-state index is -0.948. The van der Waals surface area contributed by atoms with E-state index >= 15 is 0 Å². The molecule has 6 heteroatoms. The molecule has 19 heavy (non-hydrogen) atoms. The summed E-state index contributed by atoms with van der Waals surface area (Å²) >= 11 is 6.09. The van der Waals surface area contributed by atoms with E-state index in [1.54, 1.807) is 11.8 Å². The molecular formula is C13H15ClFN3O. The summed E-state index contributed by atoms with van der Waals surface area (Å²) in [4.78, 5) is 17.3. The van der Waals surface area contributed by atoms with Crippen LogP contribution in [0, 0.1) is 5.82 Å². The number of benzene rings is 1. The number of hydrogen-bond donors (Lipinski definition) is 1. The van der Waals surface area contributed by atoms with Gasteiger partial charge in [-0.1, -0.05) is 17.7 Å². The minimum Gasteiger partial charge on any atom is -0.385 e. The highest BCUT2D eigenvalue weighted by Gasteiger charge is 2.48. The maximum Gasteiger partial charge on any atom is 0.346 e. The molecule has 0 bridgehead atoms. The van der Waals surface area contributed by atoms with Crippen molar-refractivity contribution in [2.75, 3.05) is 0 Å². The second-order valence-electron chi connectivity index (χ2n) is 4.94. The van der Waals surface area contributed by atoms with Crippen LogP contribution in [0.15, 0.2) is 23.2 Å². The Morgan fingerprint density at radius 2 is 2.11 bits per heavy atom. The predicted molar refractivity (Wildman–Crippen MR) is 72.8 cm³/mol. The average molecular weight is 284 g/mol. The SMILES string of the molecule is CC(C)N1C(=O)N=C(N)C1(C)c1ccc(F)cc1Cl. The second-order valence-corrected chi connectivity index (χ2v) is 5.35. The molecular weight excluding hydrogens is 269 g/mol. The van der Waals surface area contributed by atoms with Crippen molar-refractivity contribution >= 4 is 23.5 Å². The van der Waals surface area contributed by atoms with Gasteiger partial charge in [-0.15, -0.1) is 0 Å². The molecule has 0 fully saturated rings. The number of nitrogens with two attached hydrogens (primary N) is 1. The average Bonchev–Trinajstić information content (AvgIpc) is 2.49. The number of amidine groups is 1. The van der Waals surface area contributed by atoms with Gasteiger partial charge in [-0.05, 0) is 32.9 Å². The van der Waals surface area contributed by atoms with Crippen molar-refractivity contribution in [3.8, 4) is 0 Å². The molecule has 1 aliphatic rings. The summed E-state index contributed by atoms with van der Waals surface area (Å²) in [6.45, 7) is 5.49. The van der Waals surface area contributed by atoms with E-state index in [4.69, 9.17) is 17.3 Å². The van der Waals surface area contributed by atoms with Gasteiger partial charge in [0.15, 0.2) is 0 Å². The molecule has 0 aromatic heterocycles. The lowest BCUT2D eigenvalue weighted by Crippen LogP contribution is -2.52. The van der Waals surface area contributed by atoms with Crippen LogP contribution in [0.3, 0.4) is 0 Å². The number of carbonyl (C=O) groups is 1. The summed E-state index contributed by atoms with van der Waals surface area (Å²) in [6.07, 6.45) is 0. The molecule has 1 aromatic rings. The number of urea groups is 1. The van der Waals surface area contributed by atoms with Gasteiger partial charge in [0, 0.05) is 16.6 Å². The van der Waals surface area contributed by atoms with Gasteiger partial charge < -0.3 is 10.6 Å². The summed E-state index contributed by atoms with van der Waals surface area (Å²) in [5.74, 6) is -0.270. The topological polar surface area (TPSA) is 58.7 Å². The van der Waals surface area contributed by atoms with Crippen LogP contribution >= 0.6 is 11.6 Å². The Kier molecular flexibility index (Phi) is 3.26. The van der Waals surface area contributed by atoms with Gasteiger partial charge in [0.05, 0.1) is 0 Å². The number of hydrogen-bond acceptors (Lipinski definition) is 2. The van der Waals surface area contributed by atoms with Crippen LogP contribution in [0.2, 0.25) is 5.02 Å². The number of amides is 2. The molecule has 1 aromatic carbocycles. The summed E-state index contributed by atoms with van der Waals surface area (Å²) in [5, 5.41) is 0.223. The van der Waals surface area contributed by atoms with E-state index in [0.29, 0.717) is 5.56 Å². The van der Waals surface area contributed by atoms with Gasteiger partial charge in [-0.2, -0.15) is 4.99 Å². The van der Waals surface area contributed by atoms with E-state index in [0.717, 1.165) is 0 Å². The van der Waals surface area contributed by atoms with Crippen molar-refractivity contribution in [1.29, 1.82) is 0 Å². The number of nitrogens with zero attached hydrogens (tertiary/aromatic N) is 2. The maximum atomic E-state index is 13.2. The van der Waals surface area contributed by atoms with Crippen molar-refractivity contribution in [1.82, 2.24) is 4.90 Å². The van der Waals surface area contributed by atoms with Crippen LogP contribution in [0.5, 0.6) is 0 Å². The van der Waals surface area contributed by atoms with Crippen LogP contribution in [-0.2, 0) is 5.54 Å². The zero-order valence-electron chi connectivity index (χ0n) is 10.9. The third-order valence-electron chi connectivity index (χ3n) is 3.37. The first-order valence-corrected chi connectivity index (χ1v) is 6.29. The Morgan fingerprint density at radius 3 is 2.63 bits per heavy atom. The van der Waals surface area contributed by atoms with Crippen molar-refractivity contribution < 1.29 is 9.18 Å². The van der Waals surface area contributed by atoms with E-state index in [9.17, 15) is 9.18 Å². The largest absolute Gasteiger partial charge is 0.385 e. The van der Waals surface area contributed by atoms with Gasteiger partial charge in [0.1, 0.15) is 17.2 Å². The van der Waals surface area contributed by atoms with Gasteiger partial charge >= 0.3 is 6.03 Å². The van der Waals surface area contributed by atoms with Crippen molar-refractivity contribution in [3.05, 3.63) is 34.6 Å². The predicted octanol–water partition coefficient (Wildman–Crippen LogP) is 2.90. The standard InChI is InChI=1S/C13H15ClFN3O/c1-7(2)18-12(19)17-11(16)13(18,3)9-5-4-8(15)6-10(9)14/h4-7H,1-3H3,(H2,16,17,19). The zero-order valence-corrected chi connectivity index (χ0v) is 11.7. The number of halogens is 2. The molecule has 2 amide bonds. The van der Waals surface area contributed by atoms with Crippen molar-refractivity contribution in [2.24, 2.45) is 10.7 Å². The maximum absolute atomic E-state index is 13.2. The molecule has 0 spiro atoms. The molecule has 4 nitrogen and oxygen atoms in total. The highest BCUT2D eigenvalue weighted by atomic mass is 35.5. The lowest BCUT2D eigenvalue weighted by atomic mass is 9.88. The van der Waals surface area contributed by atoms with E-state index < -0.39 is 17.4 Å². The fourth-order valence-electron chi connectivity index (χ4n) is 2.47. The van der Waals surface area contributed by atoms with Crippen molar-refractivity contribution in [2.45, 2.75) is 32.4 Å². The van der Waals surface area contributed by atoms with E-state index in [2.05, 4.69) is 4.99 Å². The van der Waals surface area contributed by atoms with E-state index in [1.165, 1.54) is 18.2 Å². The summed E-state index contributed by atoms with van der Waals surface area (Å²) < 4.78 is 13.2. The number of carbonyl (C=O) groups excluding carboxylic acids is 1. The Labute approximate surface area is 116 Å². The Balaban J connectivity index is 2.62. The first-order valence-electron chi connectivity index (χ1n) is 5.92. The molecule has 2 N–H and O–H groups in total. The van der Waals surface area contributed by atoms with Crippen LogP contribution in [0.25, 0.3) is 0 Å². The molecule has 1 aliphatic heterocycles. The van der Waals surface area contributed by atoms with Crippen LogP contribution in [-0.4, -0.2) is 22.8 Å². The van der Waals surface area contributed by atoms with Crippen LogP contribution in [0.4, 0.5) is 9.18 Å². The number of aliphatic imine (C=N–C) groups is 1. The highest BCUT2D eigenvalue weighted by Crippen LogP contribution is 2.38. The highest BCUT2D eigenvalue weighted by molar-refractivity contribution is 6.32. The molecule has 1 heterocycles. The molecule has 1 unspecified atom stereocenters. The molecule has 0 radical (unpaired) electrons. The molecule has 0 saturated carbocycles. The monoisotopic (exact) mass is 283 g/mol. The van der Waals surface area contributed by atoms with Gasteiger partial charge in [0.2, 0.25) is 0 Å². The summed E-state index contributed by atoms with van der Waals surface area (Å²) in [6, 6.07) is 3.52. The zero-order chi connectivity index (χ0) is 14.4. The van der Waals surface area contributed by atoms with Gasteiger partial charge in [0.25, 0.3) is 0 Å². The first-order chi connectivity index (χ1) is 8.78. The molecule has 0 saturated heterocycles. The molecule has 2 rings (SSSR count). The van der Waals surface area contributed by atoms with Crippen molar-refractivity contribution in [3.63, 3.8) is 0 Å². The lowest BCUT2D eigenvalue weighted by Gasteiger charge is -2.38. The van der Waals surface area contributed by atoms with Gasteiger partial charge in [-0.3, -0.25) is 0 Å². The Bertz CT molecular complexity index is 573. The third-order valence-corrected chi connectivity index (χ3v) is 3.69. The van der Waals surface area contributed by atoms with E-state index in [-0.39, 0.29) is 16.9 Å². The van der Waals surface area contributed by atoms with Crippen LogP contribution < -0.4 is 5.73 Å². The quantitative estimate of drug-likeness (QED) is 0.907. The summed E-state index contributed by atoms with van der Waals surface area (Å²) in [5.41, 5.74) is 5.52. The first kappa shape index (κ1) is 13.8. The fourth-order valence-corrected chi connectivity index (χ4v) is 2.82. The smallest absolute Gasteiger partial charge is 0.346 e. The van der Waals surface area contributed by atoms with Crippen LogP contribution in [0.1, 0.15) is 26.3 Å².